The van der Waals surface area contributed by atoms with Gasteiger partial charge in [0.05, 0.1) is 0 Å². The van der Waals surface area contributed by atoms with Gasteiger partial charge in [0.1, 0.15) is 5.82 Å². The van der Waals surface area contributed by atoms with Crippen molar-refractivity contribution in [3.8, 4) is 0 Å². The summed E-state index contributed by atoms with van der Waals surface area (Å²) in [6.45, 7) is 2.88. The SMILES string of the molecule is c1cc(CNc2ccnc(N3CCCC3)n2)ccn1. The lowest BCUT2D eigenvalue weighted by atomic mass is 10.3. The molecule has 0 bridgehead atoms. The number of nitrogens with one attached hydrogen (secondary N) is 1. The fourth-order valence-corrected chi connectivity index (χ4v) is 2.21. The minimum Gasteiger partial charge on any atom is -0.366 e. The topological polar surface area (TPSA) is 53.9 Å². The number of nitrogens with zero attached hydrogens (tertiary/aromatic N) is 4. The van der Waals surface area contributed by atoms with Crippen molar-refractivity contribution in [1.29, 1.82) is 0 Å². The number of hydrogen-bond acceptors (Lipinski definition) is 5. The van der Waals surface area contributed by atoms with Gasteiger partial charge in [0.15, 0.2) is 0 Å². The molecule has 0 aromatic carbocycles. The monoisotopic (exact) mass is 255 g/mol. The second kappa shape index (κ2) is 5.65. The summed E-state index contributed by atoms with van der Waals surface area (Å²) in [7, 11) is 0. The summed E-state index contributed by atoms with van der Waals surface area (Å²) in [5.41, 5.74) is 1.19. The van der Waals surface area contributed by atoms with Crippen LogP contribution in [0.25, 0.3) is 0 Å². The summed E-state index contributed by atoms with van der Waals surface area (Å²) in [4.78, 5) is 15.1. The van der Waals surface area contributed by atoms with Crippen molar-refractivity contribution in [2.24, 2.45) is 0 Å². The average Bonchev–Trinajstić information content (AvgIpc) is 3.01. The summed E-state index contributed by atoms with van der Waals surface area (Å²) in [6.07, 6.45) is 7.88. The van der Waals surface area contributed by atoms with E-state index in [0.29, 0.717) is 0 Å². The molecule has 0 spiro atoms. The number of pyridine rings is 1. The Morgan fingerprint density at radius 2 is 1.84 bits per heavy atom. The highest BCUT2D eigenvalue weighted by Crippen LogP contribution is 2.17. The van der Waals surface area contributed by atoms with E-state index < -0.39 is 0 Å². The van der Waals surface area contributed by atoms with Crippen molar-refractivity contribution in [3.63, 3.8) is 0 Å². The van der Waals surface area contributed by atoms with Crippen molar-refractivity contribution in [2.45, 2.75) is 19.4 Å². The molecular formula is C14H17N5. The van der Waals surface area contributed by atoms with Crippen LogP contribution in [0, 0.1) is 0 Å². The molecular weight excluding hydrogens is 238 g/mol. The highest BCUT2D eigenvalue weighted by Gasteiger charge is 2.14. The Labute approximate surface area is 112 Å². The van der Waals surface area contributed by atoms with E-state index in [0.717, 1.165) is 31.4 Å². The van der Waals surface area contributed by atoms with Crippen molar-refractivity contribution >= 4 is 11.8 Å². The van der Waals surface area contributed by atoms with E-state index in [2.05, 4.69) is 25.2 Å². The number of aromatic nitrogens is 3. The minimum atomic E-state index is 0.749. The maximum atomic E-state index is 4.56. The first-order chi connectivity index (χ1) is 9.42. The minimum absolute atomic E-state index is 0.749. The second-order valence-electron chi connectivity index (χ2n) is 4.65. The van der Waals surface area contributed by atoms with Crippen LogP contribution in [0.2, 0.25) is 0 Å². The molecule has 0 atom stereocenters. The highest BCUT2D eigenvalue weighted by atomic mass is 15.3. The first-order valence-electron chi connectivity index (χ1n) is 6.62. The van der Waals surface area contributed by atoms with Gasteiger partial charge in [0, 0.05) is 38.2 Å². The molecule has 1 aliphatic rings. The highest BCUT2D eigenvalue weighted by molar-refractivity contribution is 5.42. The van der Waals surface area contributed by atoms with Gasteiger partial charge in [-0.3, -0.25) is 4.98 Å². The molecule has 0 radical (unpaired) electrons. The van der Waals surface area contributed by atoms with Crippen molar-refractivity contribution in [1.82, 2.24) is 15.0 Å². The Balaban J connectivity index is 1.66. The van der Waals surface area contributed by atoms with Gasteiger partial charge in [-0.25, -0.2) is 4.98 Å². The summed E-state index contributed by atoms with van der Waals surface area (Å²) in [6, 6.07) is 5.89. The zero-order valence-electron chi connectivity index (χ0n) is 10.8. The van der Waals surface area contributed by atoms with Crippen LogP contribution in [0.3, 0.4) is 0 Å². The fourth-order valence-electron chi connectivity index (χ4n) is 2.21. The summed E-state index contributed by atoms with van der Waals surface area (Å²) >= 11 is 0. The number of rotatable bonds is 4. The molecule has 0 aliphatic carbocycles. The second-order valence-corrected chi connectivity index (χ2v) is 4.65. The molecule has 3 heterocycles. The fraction of sp³-hybridized carbons (Fsp3) is 0.357. The van der Waals surface area contributed by atoms with Gasteiger partial charge >= 0.3 is 0 Å². The third-order valence-corrected chi connectivity index (χ3v) is 3.25. The molecule has 19 heavy (non-hydrogen) atoms. The van der Waals surface area contributed by atoms with Gasteiger partial charge in [0.25, 0.3) is 0 Å². The van der Waals surface area contributed by atoms with Gasteiger partial charge in [0.2, 0.25) is 5.95 Å². The first-order valence-corrected chi connectivity index (χ1v) is 6.62. The molecule has 0 saturated carbocycles. The Kier molecular flexibility index (Phi) is 3.54. The predicted octanol–water partition coefficient (Wildman–Crippen LogP) is 2.08. The van der Waals surface area contributed by atoms with E-state index in [4.69, 9.17) is 0 Å². The summed E-state index contributed by atoms with van der Waals surface area (Å²) < 4.78 is 0. The van der Waals surface area contributed by atoms with Crippen LogP contribution in [0.1, 0.15) is 18.4 Å². The number of hydrogen-bond donors (Lipinski definition) is 1. The molecule has 5 heteroatoms. The molecule has 98 valence electrons. The molecule has 1 saturated heterocycles. The van der Waals surface area contributed by atoms with E-state index in [1.807, 2.05) is 24.4 Å². The van der Waals surface area contributed by atoms with Gasteiger partial charge in [-0.2, -0.15) is 4.98 Å². The lowest BCUT2D eigenvalue weighted by molar-refractivity contribution is 0.896. The van der Waals surface area contributed by atoms with Crippen molar-refractivity contribution in [2.75, 3.05) is 23.3 Å². The maximum absolute atomic E-state index is 4.56. The third-order valence-electron chi connectivity index (χ3n) is 3.25. The Hall–Kier alpha value is -2.17. The average molecular weight is 255 g/mol. The van der Waals surface area contributed by atoms with Crippen LogP contribution in [-0.4, -0.2) is 28.0 Å². The van der Waals surface area contributed by atoms with Gasteiger partial charge < -0.3 is 10.2 Å². The molecule has 2 aromatic heterocycles. The molecule has 1 N–H and O–H groups in total. The quantitative estimate of drug-likeness (QED) is 0.906. The normalized spacial score (nSPS) is 14.6. The lowest BCUT2D eigenvalue weighted by Gasteiger charge is -2.15. The van der Waals surface area contributed by atoms with E-state index in [-0.39, 0.29) is 0 Å². The largest absolute Gasteiger partial charge is 0.366 e. The maximum Gasteiger partial charge on any atom is 0.227 e. The number of anilines is 2. The van der Waals surface area contributed by atoms with Crippen LogP contribution in [0.4, 0.5) is 11.8 Å². The van der Waals surface area contributed by atoms with Gasteiger partial charge in [-0.15, -0.1) is 0 Å². The van der Waals surface area contributed by atoms with Crippen LogP contribution in [-0.2, 0) is 6.54 Å². The first kappa shape index (κ1) is 11.9. The Morgan fingerprint density at radius 3 is 2.63 bits per heavy atom. The molecule has 1 fully saturated rings. The van der Waals surface area contributed by atoms with Crippen molar-refractivity contribution in [3.05, 3.63) is 42.4 Å². The molecule has 0 amide bonds. The van der Waals surface area contributed by atoms with E-state index in [1.54, 1.807) is 12.4 Å². The zero-order valence-corrected chi connectivity index (χ0v) is 10.8. The summed E-state index contributed by atoms with van der Waals surface area (Å²) in [5.74, 6) is 1.70. The van der Waals surface area contributed by atoms with E-state index >= 15 is 0 Å². The van der Waals surface area contributed by atoms with Crippen LogP contribution in [0.5, 0.6) is 0 Å². The van der Waals surface area contributed by atoms with E-state index in [1.165, 1.54) is 18.4 Å². The standard InChI is InChI=1S/C14H17N5/c1-2-10-19(9-1)14-16-8-5-13(18-14)17-11-12-3-6-15-7-4-12/h3-8H,1-2,9-11H2,(H,16,17,18). The van der Waals surface area contributed by atoms with Crippen molar-refractivity contribution < 1.29 is 0 Å². The molecule has 1 aliphatic heterocycles. The predicted molar refractivity (Wildman–Crippen MR) is 75.0 cm³/mol. The summed E-state index contributed by atoms with van der Waals surface area (Å²) in [5, 5.41) is 3.32. The van der Waals surface area contributed by atoms with Crippen LogP contribution in [0.15, 0.2) is 36.8 Å². The van der Waals surface area contributed by atoms with Gasteiger partial charge in [-0.05, 0) is 36.6 Å². The van der Waals surface area contributed by atoms with E-state index in [9.17, 15) is 0 Å². The molecule has 2 aromatic rings. The Morgan fingerprint density at radius 1 is 1.05 bits per heavy atom. The van der Waals surface area contributed by atoms with Crippen LogP contribution < -0.4 is 10.2 Å². The van der Waals surface area contributed by atoms with Crippen LogP contribution >= 0.6 is 0 Å². The van der Waals surface area contributed by atoms with Gasteiger partial charge in [-0.1, -0.05) is 0 Å². The third kappa shape index (κ3) is 2.99. The lowest BCUT2D eigenvalue weighted by Crippen LogP contribution is -2.20. The zero-order chi connectivity index (χ0) is 12.9. The molecule has 0 unspecified atom stereocenters. The molecule has 5 nitrogen and oxygen atoms in total. The smallest absolute Gasteiger partial charge is 0.227 e. The Bertz CT molecular complexity index is 522. The molecule has 3 rings (SSSR count).